The van der Waals surface area contributed by atoms with Gasteiger partial charge in [-0.1, -0.05) is 18.2 Å². The topological polar surface area (TPSA) is 38.3 Å². The van der Waals surface area contributed by atoms with Crippen molar-refractivity contribution < 1.29 is 18.3 Å². The van der Waals surface area contributed by atoms with Crippen LogP contribution in [0.3, 0.4) is 0 Å². The summed E-state index contributed by atoms with van der Waals surface area (Å²) in [5.74, 6) is -0.726. The zero-order valence-electron chi connectivity index (χ0n) is 11.5. The summed E-state index contributed by atoms with van der Waals surface area (Å²) in [5.41, 5.74) is 0.403. The van der Waals surface area contributed by atoms with Gasteiger partial charge in [0, 0.05) is 12.1 Å². The molecular formula is C16H15F2NO2. The highest BCUT2D eigenvalue weighted by Crippen LogP contribution is 2.13. The summed E-state index contributed by atoms with van der Waals surface area (Å²) in [6.07, 6.45) is -0.762. The number of carbonyl (C=O) groups excluding carboxylic acids is 1. The molecule has 0 aliphatic carbocycles. The Balaban J connectivity index is 1.88. The van der Waals surface area contributed by atoms with Crippen LogP contribution in [0.15, 0.2) is 48.5 Å². The Bertz CT molecular complexity index is 614. The lowest BCUT2D eigenvalue weighted by Crippen LogP contribution is -2.36. The molecule has 110 valence electrons. The van der Waals surface area contributed by atoms with E-state index < -0.39 is 6.10 Å². The van der Waals surface area contributed by atoms with Gasteiger partial charge >= 0.3 is 0 Å². The van der Waals surface area contributed by atoms with Crippen molar-refractivity contribution in [1.82, 2.24) is 5.32 Å². The van der Waals surface area contributed by atoms with Crippen LogP contribution in [-0.4, -0.2) is 12.0 Å². The number of hydrogen-bond acceptors (Lipinski definition) is 2. The summed E-state index contributed by atoms with van der Waals surface area (Å²) in [7, 11) is 0. The average molecular weight is 291 g/mol. The molecule has 1 atom stereocenters. The van der Waals surface area contributed by atoms with Gasteiger partial charge in [-0.05, 0) is 37.3 Å². The molecule has 5 heteroatoms. The van der Waals surface area contributed by atoms with Crippen LogP contribution in [0.5, 0.6) is 5.75 Å². The zero-order chi connectivity index (χ0) is 15.2. The SMILES string of the molecule is C[C@H](Oc1ccc(F)cc1)C(=O)NCc1ccccc1F. The van der Waals surface area contributed by atoms with Crippen molar-refractivity contribution in [3.63, 3.8) is 0 Å². The zero-order valence-corrected chi connectivity index (χ0v) is 11.5. The third-order valence-electron chi connectivity index (χ3n) is 2.91. The third kappa shape index (κ3) is 4.27. The van der Waals surface area contributed by atoms with E-state index in [0.717, 1.165) is 0 Å². The van der Waals surface area contributed by atoms with Gasteiger partial charge in [0.25, 0.3) is 5.91 Å². The van der Waals surface area contributed by atoms with Crippen molar-refractivity contribution in [2.45, 2.75) is 19.6 Å². The lowest BCUT2D eigenvalue weighted by Gasteiger charge is -2.15. The van der Waals surface area contributed by atoms with Crippen LogP contribution < -0.4 is 10.1 Å². The first-order valence-electron chi connectivity index (χ1n) is 6.49. The van der Waals surface area contributed by atoms with E-state index in [4.69, 9.17) is 4.74 Å². The summed E-state index contributed by atoms with van der Waals surface area (Å²) in [6.45, 7) is 1.66. The first-order chi connectivity index (χ1) is 10.1. The van der Waals surface area contributed by atoms with Gasteiger partial charge in [-0.3, -0.25) is 4.79 Å². The van der Waals surface area contributed by atoms with Gasteiger partial charge in [0.2, 0.25) is 0 Å². The minimum atomic E-state index is -0.762. The van der Waals surface area contributed by atoms with Crippen molar-refractivity contribution in [3.05, 3.63) is 65.7 Å². The average Bonchev–Trinajstić information content (AvgIpc) is 2.48. The highest BCUT2D eigenvalue weighted by Gasteiger charge is 2.14. The van der Waals surface area contributed by atoms with E-state index in [1.165, 1.54) is 30.3 Å². The van der Waals surface area contributed by atoms with E-state index in [1.54, 1.807) is 25.1 Å². The van der Waals surface area contributed by atoms with Gasteiger partial charge in [-0.2, -0.15) is 0 Å². The van der Waals surface area contributed by atoms with Crippen LogP contribution in [0.1, 0.15) is 12.5 Å². The molecule has 0 spiro atoms. The molecule has 0 fully saturated rings. The van der Waals surface area contributed by atoms with Crippen LogP contribution in [0, 0.1) is 11.6 Å². The van der Waals surface area contributed by atoms with Gasteiger partial charge in [-0.25, -0.2) is 8.78 Å². The molecule has 0 heterocycles. The normalized spacial score (nSPS) is 11.8. The molecule has 1 amide bonds. The van der Waals surface area contributed by atoms with Crippen LogP contribution in [0.25, 0.3) is 0 Å². The van der Waals surface area contributed by atoms with Gasteiger partial charge in [0.1, 0.15) is 17.4 Å². The third-order valence-corrected chi connectivity index (χ3v) is 2.91. The number of hydrogen-bond donors (Lipinski definition) is 1. The molecule has 0 radical (unpaired) electrons. The number of amides is 1. The molecule has 21 heavy (non-hydrogen) atoms. The van der Waals surface area contributed by atoms with Gasteiger partial charge in [-0.15, -0.1) is 0 Å². The molecule has 1 N–H and O–H groups in total. The van der Waals surface area contributed by atoms with E-state index in [0.29, 0.717) is 11.3 Å². The van der Waals surface area contributed by atoms with E-state index >= 15 is 0 Å². The smallest absolute Gasteiger partial charge is 0.261 e. The number of carbonyl (C=O) groups is 1. The van der Waals surface area contributed by atoms with Crippen molar-refractivity contribution >= 4 is 5.91 Å². The lowest BCUT2D eigenvalue weighted by molar-refractivity contribution is -0.127. The molecule has 0 aliphatic heterocycles. The van der Waals surface area contributed by atoms with E-state index in [2.05, 4.69) is 5.32 Å². The van der Waals surface area contributed by atoms with Crippen LogP contribution in [-0.2, 0) is 11.3 Å². The van der Waals surface area contributed by atoms with E-state index in [9.17, 15) is 13.6 Å². The highest BCUT2D eigenvalue weighted by atomic mass is 19.1. The Labute approximate surface area is 121 Å². The molecule has 2 aromatic rings. The summed E-state index contributed by atoms with van der Waals surface area (Å²) < 4.78 is 31.5. The summed E-state index contributed by atoms with van der Waals surface area (Å²) in [5, 5.41) is 2.59. The molecule has 2 rings (SSSR count). The molecule has 2 aromatic carbocycles. The Morgan fingerprint density at radius 2 is 1.81 bits per heavy atom. The van der Waals surface area contributed by atoms with Crippen molar-refractivity contribution in [3.8, 4) is 5.75 Å². The van der Waals surface area contributed by atoms with E-state index in [-0.39, 0.29) is 24.1 Å². The Kier molecular flexibility index (Phi) is 4.87. The standard InChI is InChI=1S/C16H15F2NO2/c1-11(21-14-8-6-13(17)7-9-14)16(20)19-10-12-4-2-3-5-15(12)18/h2-9,11H,10H2,1H3,(H,19,20)/t11-/m0/s1. The monoisotopic (exact) mass is 291 g/mol. The van der Waals surface area contributed by atoms with Gasteiger partial charge in [0.05, 0.1) is 0 Å². The minimum absolute atomic E-state index is 0.0859. The number of ether oxygens (including phenoxy) is 1. The number of halogens is 2. The fourth-order valence-corrected chi connectivity index (χ4v) is 1.74. The summed E-state index contributed by atoms with van der Waals surface area (Å²) in [6, 6.07) is 11.6. The molecule has 0 saturated heterocycles. The Hall–Kier alpha value is -2.43. The molecule has 0 bridgehead atoms. The maximum atomic E-state index is 13.4. The van der Waals surface area contributed by atoms with Gasteiger partial charge in [0.15, 0.2) is 6.10 Å². The van der Waals surface area contributed by atoms with Crippen LogP contribution in [0.2, 0.25) is 0 Å². The Morgan fingerprint density at radius 1 is 1.14 bits per heavy atom. The van der Waals surface area contributed by atoms with Crippen LogP contribution >= 0.6 is 0 Å². The lowest BCUT2D eigenvalue weighted by atomic mass is 10.2. The highest BCUT2D eigenvalue weighted by molar-refractivity contribution is 5.80. The predicted molar refractivity (Wildman–Crippen MR) is 74.7 cm³/mol. The fourth-order valence-electron chi connectivity index (χ4n) is 1.74. The molecular weight excluding hydrogens is 276 g/mol. The first kappa shape index (κ1) is 15.0. The quantitative estimate of drug-likeness (QED) is 0.919. The Morgan fingerprint density at radius 3 is 2.48 bits per heavy atom. The molecule has 0 aromatic heterocycles. The molecule has 0 unspecified atom stereocenters. The first-order valence-corrected chi connectivity index (χ1v) is 6.49. The predicted octanol–water partition coefficient (Wildman–Crippen LogP) is 3.05. The number of nitrogens with one attached hydrogen (secondary N) is 1. The van der Waals surface area contributed by atoms with Crippen molar-refractivity contribution in [2.24, 2.45) is 0 Å². The van der Waals surface area contributed by atoms with Crippen molar-refractivity contribution in [2.75, 3.05) is 0 Å². The summed E-state index contributed by atoms with van der Waals surface area (Å²) >= 11 is 0. The fraction of sp³-hybridized carbons (Fsp3) is 0.188. The minimum Gasteiger partial charge on any atom is -0.481 e. The summed E-state index contributed by atoms with van der Waals surface area (Å²) in [4.78, 5) is 11.9. The molecule has 3 nitrogen and oxygen atoms in total. The van der Waals surface area contributed by atoms with Gasteiger partial charge < -0.3 is 10.1 Å². The number of benzene rings is 2. The number of rotatable bonds is 5. The second kappa shape index (κ2) is 6.83. The van der Waals surface area contributed by atoms with Crippen molar-refractivity contribution in [1.29, 1.82) is 0 Å². The largest absolute Gasteiger partial charge is 0.481 e. The second-order valence-corrected chi connectivity index (χ2v) is 4.52. The molecule has 0 saturated carbocycles. The van der Waals surface area contributed by atoms with E-state index in [1.807, 2.05) is 0 Å². The second-order valence-electron chi connectivity index (χ2n) is 4.52. The molecule has 0 aliphatic rings. The van der Waals surface area contributed by atoms with Crippen LogP contribution in [0.4, 0.5) is 8.78 Å². The maximum absolute atomic E-state index is 13.4. The maximum Gasteiger partial charge on any atom is 0.261 e.